The quantitative estimate of drug-likeness (QED) is 0.176. The van der Waals surface area contributed by atoms with Crippen LogP contribution >= 0.6 is 11.3 Å². The number of nitrogens with zero attached hydrogens (tertiary/aromatic N) is 2. The van der Waals surface area contributed by atoms with Gasteiger partial charge in [0.05, 0.1) is 22.4 Å². The molecule has 0 N–H and O–H groups in total. The van der Waals surface area contributed by atoms with E-state index >= 15 is 0 Å². The first-order valence-corrected chi connectivity index (χ1v) is 19.8. The monoisotopic (exact) mass is 732 g/mol. The molecule has 0 saturated carbocycles. The SMILES string of the molecule is c1cc(-c2cccc3oc4c5ccccc5ccc4c23)cc(N(c2ccc3c(c2)sc2ccccc23)c2ccccc2-n2c3ccccc3c3ccccc32)c1. The molecule has 3 aromatic heterocycles. The molecule has 262 valence electrons. The molecule has 0 saturated heterocycles. The number of thiophene rings is 1. The Morgan fingerprint density at radius 2 is 1.11 bits per heavy atom. The van der Waals surface area contributed by atoms with Crippen molar-refractivity contribution in [3.05, 3.63) is 194 Å². The molecule has 0 atom stereocenters. The molecule has 0 unspecified atom stereocenters. The Balaban J connectivity index is 1.11. The van der Waals surface area contributed by atoms with Crippen LogP contribution in [0.1, 0.15) is 0 Å². The smallest absolute Gasteiger partial charge is 0.143 e. The lowest BCUT2D eigenvalue weighted by Gasteiger charge is -2.29. The van der Waals surface area contributed by atoms with Gasteiger partial charge in [0, 0.05) is 58.5 Å². The number of anilines is 3. The van der Waals surface area contributed by atoms with Crippen LogP contribution in [0.4, 0.5) is 17.1 Å². The van der Waals surface area contributed by atoms with Crippen LogP contribution in [0.15, 0.2) is 199 Å². The number of hydrogen-bond donors (Lipinski definition) is 0. The molecule has 0 spiro atoms. The van der Waals surface area contributed by atoms with Gasteiger partial charge in [-0.1, -0.05) is 127 Å². The van der Waals surface area contributed by atoms with E-state index in [1.807, 2.05) is 11.3 Å². The van der Waals surface area contributed by atoms with Gasteiger partial charge >= 0.3 is 0 Å². The summed E-state index contributed by atoms with van der Waals surface area (Å²) in [4.78, 5) is 2.44. The minimum atomic E-state index is 0.892. The highest BCUT2D eigenvalue weighted by Crippen LogP contribution is 2.46. The van der Waals surface area contributed by atoms with Gasteiger partial charge < -0.3 is 13.9 Å². The Bertz CT molecular complexity index is 3460. The van der Waals surface area contributed by atoms with Crippen molar-refractivity contribution in [2.45, 2.75) is 0 Å². The van der Waals surface area contributed by atoms with E-state index in [1.54, 1.807) is 0 Å². The summed E-state index contributed by atoms with van der Waals surface area (Å²) in [6.45, 7) is 0. The third-order valence-electron chi connectivity index (χ3n) is 11.4. The van der Waals surface area contributed by atoms with Crippen LogP contribution in [0.3, 0.4) is 0 Å². The molecule has 0 amide bonds. The summed E-state index contributed by atoms with van der Waals surface area (Å²) in [5, 5.41) is 9.63. The van der Waals surface area contributed by atoms with Gasteiger partial charge in [-0.25, -0.2) is 0 Å². The van der Waals surface area contributed by atoms with E-state index in [9.17, 15) is 0 Å². The van der Waals surface area contributed by atoms with E-state index in [4.69, 9.17) is 4.42 Å². The zero-order valence-electron chi connectivity index (χ0n) is 30.2. The average Bonchev–Trinajstić information content (AvgIpc) is 3.94. The molecule has 0 bridgehead atoms. The van der Waals surface area contributed by atoms with Gasteiger partial charge in [0.2, 0.25) is 0 Å². The van der Waals surface area contributed by atoms with Crippen LogP contribution in [0.2, 0.25) is 0 Å². The zero-order valence-corrected chi connectivity index (χ0v) is 31.0. The summed E-state index contributed by atoms with van der Waals surface area (Å²) in [6, 6.07) is 70.3. The van der Waals surface area contributed by atoms with E-state index in [-0.39, 0.29) is 0 Å². The molecule has 56 heavy (non-hydrogen) atoms. The summed E-state index contributed by atoms with van der Waals surface area (Å²) in [7, 11) is 0. The highest BCUT2D eigenvalue weighted by molar-refractivity contribution is 7.25. The molecule has 0 fully saturated rings. The van der Waals surface area contributed by atoms with Gasteiger partial charge in [0.25, 0.3) is 0 Å². The molecule has 12 aromatic rings. The summed E-state index contributed by atoms with van der Waals surface area (Å²) in [6.07, 6.45) is 0. The van der Waals surface area contributed by atoms with Crippen molar-refractivity contribution < 1.29 is 4.42 Å². The third-order valence-corrected chi connectivity index (χ3v) is 12.5. The number of furan rings is 1. The van der Waals surface area contributed by atoms with Gasteiger partial charge in [-0.3, -0.25) is 0 Å². The van der Waals surface area contributed by atoms with Crippen molar-refractivity contribution in [1.29, 1.82) is 0 Å². The van der Waals surface area contributed by atoms with Crippen molar-refractivity contribution in [1.82, 2.24) is 4.57 Å². The molecule has 3 nitrogen and oxygen atoms in total. The summed E-state index contributed by atoms with van der Waals surface area (Å²) in [5.41, 5.74) is 10.8. The standard InChI is InChI=1S/C52H32N2OS/c1-2-16-38-33(13-1)27-29-43-51-37(20-12-25-48(51)55-52(38)43)34-14-11-15-35(31-34)53(36-28-30-42-41-19-5-10-26-49(41)56-50(42)32-36)46-23-8-9-24-47(46)54-44-21-6-3-17-39(44)40-18-4-7-22-45(40)54/h1-32H. The predicted octanol–water partition coefficient (Wildman–Crippen LogP) is 15.3. The average molecular weight is 733 g/mol. The van der Waals surface area contributed by atoms with Gasteiger partial charge in [-0.05, 0) is 83.2 Å². The van der Waals surface area contributed by atoms with Crippen LogP contribution in [0, 0.1) is 0 Å². The largest absolute Gasteiger partial charge is 0.455 e. The van der Waals surface area contributed by atoms with E-state index in [0.717, 1.165) is 61.2 Å². The highest BCUT2D eigenvalue weighted by Gasteiger charge is 2.22. The molecular formula is C52H32N2OS. The summed E-state index contributed by atoms with van der Waals surface area (Å²) < 4.78 is 11.6. The number of rotatable bonds is 5. The van der Waals surface area contributed by atoms with Gasteiger partial charge in [-0.2, -0.15) is 0 Å². The minimum absolute atomic E-state index is 0.892. The summed E-state index contributed by atoms with van der Waals surface area (Å²) in [5.74, 6) is 0. The van der Waals surface area contributed by atoms with Gasteiger partial charge in [0.15, 0.2) is 0 Å². The lowest BCUT2D eigenvalue weighted by molar-refractivity contribution is 0.673. The van der Waals surface area contributed by atoms with Crippen LogP contribution in [-0.4, -0.2) is 4.57 Å². The maximum absolute atomic E-state index is 6.63. The first-order valence-electron chi connectivity index (χ1n) is 19.0. The number of para-hydroxylation sites is 4. The Morgan fingerprint density at radius 3 is 1.96 bits per heavy atom. The van der Waals surface area contributed by atoms with Crippen molar-refractivity contribution in [3.8, 4) is 16.8 Å². The van der Waals surface area contributed by atoms with Crippen molar-refractivity contribution in [2.24, 2.45) is 0 Å². The van der Waals surface area contributed by atoms with Crippen molar-refractivity contribution in [3.63, 3.8) is 0 Å². The minimum Gasteiger partial charge on any atom is -0.455 e. The van der Waals surface area contributed by atoms with Crippen LogP contribution in [0.5, 0.6) is 0 Å². The predicted molar refractivity (Wildman–Crippen MR) is 239 cm³/mol. The van der Waals surface area contributed by atoms with Gasteiger partial charge in [-0.15, -0.1) is 11.3 Å². The first-order chi connectivity index (χ1) is 27.8. The van der Waals surface area contributed by atoms with Crippen molar-refractivity contribution >= 4 is 103 Å². The maximum atomic E-state index is 6.63. The molecule has 12 rings (SSSR count). The fourth-order valence-corrected chi connectivity index (χ4v) is 10.1. The van der Waals surface area contributed by atoms with E-state index in [2.05, 4.69) is 204 Å². The normalized spacial score (nSPS) is 11.9. The molecule has 9 aromatic carbocycles. The van der Waals surface area contributed by atoms with E-state index in [0.29, 0.717) is 0 Å². The van der Waals surface area contributed by atoms with E-state index < -0.39 is 0 Å². The number of fused-ring (bicyclic) bond motifs is 11. The molecule has 0 aliphatic heterocycles. The van der Waals surface area contributed by atoms with Crippen LogP contribution in [0.25, 0.3) is 91.5 Å². The topological polar surface area (TPSA) is 21.3 Å². The molecule has 0 radical (unpaired) electrons. The molecular weight excluding hydrogens is 701 g/mol. The number of hydrogen-bond acceptors (Lipinski definition) is 3. The Labute approximate surface area is 326 Å². The van der Waals surface area contributed by atoms with E-state index in [1.165, 1.54) is 47.4 Å². The van der Waals surface area contributed by atoms with Crippen LogP contribution < -0.4 is 4.90 Å². The highest BCUT2D eigenvalue weighted by atomic mass is 32.1. The molecule has 4 heteroatoms. The second-order valence-electron chi connectivity index (χ2n) is 14.5. The van der Waals surface area contributed by atoms with Crippen molar-refractivity contribution in [2.75, 3.05) is 4.90 Å². The second kappa shape index (κ2) is 12.2. The molecule has 0 aliphatic rings. The number of benzene rings is 9. The lowest BCUT2D eigenvalue weighted by atomic mass is 9.97. The zero-order chi connectivity index (χ0) is 36.7. The fraction of sp³-hybridized carbons (Fsp3) is 0. The Kier molecular flexibility index (Phi) is 6.80. The van der Waals surface area contributed by atoms with Gasteiger partial charge in [0.1, 0.15) is 11.2 Å². The molecule has 0 aliphatic carbocycles. The first kappa shape index (κ1) is 31.2. The third kappa shape index (κ3) is 4.63. The number of aromatic nitrogens is 1. The van der Waals surface area contributed by atoms with Crippen LogP contribution in [-0.2, 0) is 0 Å². The Hall–Kier alpha value is -7.14. The fourth-order valence-electron chi connectivity index (χ4n) is 8.91. The maximum Gasteiger partial charge on any atom is 0.143 e. The second-order valence-corrected chi connectivity index (χ2v) is 15.6. The molecule has 3 heterocycles. The summed E-state index contributed by atoms with van der Waals surface area (Å²) >= 11 is 1.85. The lowest BCUT2D eigenvalue weighted by Crippen LogP contribution is -2.13. The Morgan fingerprint density at radius 1 is 0.446 bits per heavy atom.